The summed E-state index contributed by atoms with van der Waals surface area (Å²) >= 11 is 5.78. The van der Waals surface area contributed by atoms with Crippen molar-refractivity contribution in [2.75, 3.05) is 14.2 Å². The predicted octanol–water partition coefficient (Wildman–Crippen LogP) is 4.15. The normalized spacial score (nSPS) is 10.4. The summed E-state index contributed by atoms with van der Waals surface area (Å²) in [4.78, 5) is 20.5. The van der Waals surface area contributed by atoms with Gasteiger partial charge in [0.1, 0.15) is 23.9 Å². The summed E-state index contributed by atoms with van der Waals surface area (Å²) in [5.74, 6) is 1.74. The second-order valence-electron chi connectivity index (χ2n) is 5.95. The molecule has 1 heterocycles. The first-order valence-corrected chi connectivity index (χ1v) is 8.90. The van der Waals surface area contributed by atoms with Crippen molar-refractivity contribution >= 4 is 17.4 Å². The molecule has 0 aliphatic rings. The van der Waals surface area contributed by atoms with Crippen LogP contribution in [0.15, 0.2) is 54.7 Å². The van der Waals surface area contributed by atoms with Crippen molar-refractivity contribution in [1.82, 2.24) is 9.97 Å². The maximum absolute atomic E-state index is 12.7. The van der Waals surface area contributed by atoms with Crippen LogP contribution in [0.5, 0.6) is 17.2 Å². The lowest BCUT2D eigenvalue weighted by atomic mass is 10.1. The summed E-state index contributed by atoms with van der Waals surface area (Å²) < 4.78 is 16.3. The lowest BCUT2D eigenvalue weighted by molar-refractivity contribution is 0.0991. The summed E-state index contributed by atoms with van der Waals surface area (Å²) in [5.41, 5.74) is 2.00. The fourth-order valence-electron chi connectivity index (χ4n) is 2.56. The average molecular weight is 399 g/mol. The molecular formula is C21H19ClN2O4. The van der Waals surface area contributed by atoms with Crippen LogP contribution in [0.25, 0.3) is 0 Å². The molecule has 6 nitrogen and oxygen atoms in total. The number of rotatable bonds is 8. The van der Waals surface area contributed by atoms with Gasteiger partial charge in [0.05, 0.1) is 26.3 Å². The topological polar surface area (TPSA) is 70.5 Å². The number of hydrogen-bond acceptors (Lipinski definition) is 6. The minimum absolute atomic E-state index is 0.104. The van der Waals surface area contributed by atoms with Gasteiger partial charge in [0.25, 0.3) is 0 Å². The van der Waals surface area contributed by atoms with Gasteiger partial charge in [-0.2, -0.15) is 0 Å². The fraction of sp³-hybridized carbons (Fsp3) is 0.190. The van der Waals surface area contributed by atoms with Gasteiger partial charge in [0, 0.05) is 17.8 Å². The molecule has 3 aromatic rings. The zero-order chi connectivity index (χ0) is 19.9. The largest absolute Gasteiger partial charge is 0.497 e. The highest BCUT2D eigenvalue weighted by Gasteiger charge is 2.12. The molecule has 7 heteroatoms. The third kappa shape index (κ3) is 5.20. The van der Waals surface area contributed by atoms with Gasteiger partial charge in [0.2, 0.25) is 5.28 Å². The molecule has 3 rings (SSSR count). The first-order valence-electron chi connectivity index (χ1n) is 8.53. The maximum Gasteiger partial charge on any atom is 0.222 e. The van der Waals surface area contributed by atoms with Crippen LogP contribution < -0.4 is 14.2 Å². The maximum atomic E-state index is 12.7. The third-order valence-electron chi connectivity index (χ3n) is 4.03. The number of hydrogen-bond donors (Lipinski definition) is 0. The van der Waals surface area contributed by atoms with Crippen LogP contribution in [0, 0.1) is 0 Å². The van der Waals surface area contributed by atoms with Gasteiger partial charge in [-0.1, -0.05) is 12.1 Å². The molecule has 0 spiro atoms. The lowest BCUT2D eigenvalue weighted by Gasteiger charge is -2.11. The van der Waals surface area contributed by atoms with E-state index in [4.69, 9.17) is 25.8 Å². The van der Waals surface area contributed by atoms with Gasteiger partial charge >= 0.3 is 0 Å². The van der Waals surface area contributed by atoms with E-state index >= 15 is 0 Å². The van der Waals surface area contributed by atoms with Gasteiger partial charge < -0.3 is 14.2 Å². The Morgan fingerprint density at radius 3 is 2.36 bits per heavy atom. The molecule has 0 aliphatic heterocycles. The molecule has 0 N–H and O–H groups in total. The Morgan fingerprint density at radius 1 is 0.964 bits per heavy atom. The highest BCUT2D eigenvalue weighted by Crippen LogP contribution is 2.25. The van der Waals surface area contributed by atoms with E-state index in [1.165, 1.54) is 6.20 Å². The Labute approximate surface area is 168 Å². The molecule has 1 aromatic heterocycles. The number of Topliss-reactive ketones (excluding diaryl/α,β-unsaturated/α-hetero) is 1. The van der Waals surface area contributed by atoms with Crippen LogP contribution in [0.4, 0.5) is 0 Å². The monoisotopic (exact) mass is 398 g/mol. The molecule has 28 heavy (non-hydrogen) atoms. The summed E-state index contributed by atoms with van der Waals surface area (Å²) in [6.07, 6.45) is 1.63. The minimum Gasteiger partial charge on any atom is -0.497 e. The Balaban J connectivity index is 1.74. The van der Waals surface area contributed by atoms with E-state index in [-0.39, 0.29) is 17.5 Å². The number of nitrogens with zero attached hydrogens (tertiary/aromatic N) is 2. The van der Waals surface area contributed by atoms with Crippen LogP contribution in [-0.4, -0.2) is 30.0 Å². The number of aromatic nitrogens is 2. The first kappa shape index (κ1) is 19.6. The van der Waals surface area contributed by atoms with E-state index in [1.807, 2.05) is 24.3 Å². The number of ketones is 1. The van der Waals surface area contributed by atoms with E-state index in [2.05, 4.69) is 9.97 Å². The van der Waals surface area contributed by atoms with E-state index in [0.717, 1.165) is 11.3 Å². The Bertz CT molecular complexity index is 961. The van der Waals surface area contributed by atoms with Crippen molar-refractivity contribution in [2.45, 2.75) is 13.0 Å². The molecule has 0 aliphatic carbocycles. The van der Waals surface area contributed by atoms with Gasteiger partial charge in [-0.25, -0.2) is 9.97 Å². The van der Waals surface area contributed by atoms with E-state index in [0.29, 0.717) is 29.4 Å². The summed E-state index contributed by atoms with van der Waals surface area (Å²) in [5, 5.41) is 0.111. The molecule has 144 valence electrons. The molecule has 0 fully saturated rings. The van der Waals surface area contributed by atoms with E-state index in [9.17, 15) is 4.79 Å². The van der Waals surface area contributed by atoms with Crippen molar-refractivity contribution in [2.24, 2.45) is 0 Å². The van der Waals surface area contributed by atoms with Crippen LogP contribution in [0.1, 0.15) is 21.6 Å². The minimum atomic E-state index is -0.122. The van der Waals surface area contributed by atoms with E-state index < -0.39 is 0 Å². The number of carbonyl (C=O) groups excluding carboxylic acids is 1. The van der Waals surface area contributed by atoms with Crippen LogP contribution in [0.3, 0.4) is 0 Å². The third-order valence-corrected chi connectivity index (χ3v) is 4.21. The molecule has 0 amide bonds. The Hall–Kier alpha value is -3.12. The standard InChI is InChI=1S/C21H19ClN2O4/c1-26-17-5-3-14(4-6-17)13-28-19-10-15(9-18(12-19)27-2)20(25)11-16-7-8-23-21(22)24-16/h3-10,12H,11,13H2,1-2H3. The second-order valence-corrected chi connectivity index (χ2v) is 6.29. The summed E-state index contributed by atoms with van der Waals surface area (Å²) in [7, 11) is 3.16. The Morgan fingerprint density at radius 2 is 1.68 bits per heavy atom. The number of methoxy groups -OCH3 is 2. The highest BCUT2D eigenvalue weighted by molar-refractivity contribution is 6.28. The average Bonchev–Trinajstić information content (AvgIpc) is 2.72. The fourth-order valence-corrected chi connectivity index (χ4v) is 2.72. The SMILES string of the molecule is COc1ccc(COc2cc(OC)cc(C(=O)Cc3ccnc(Cl)n3)c2)cc1. The smallest absolute Gasteiger partial charge is 0.222 e. The number of halogens is 1. The molecule has 0 bridgehead atoms. The predicted molar refractivity (Wildman–Crippen MR) is 105 cm³/mol. The van der Waals surface area contributed by atoms with Gasteiger partial charge in [-0.3, -0.25) is 4.79 Å². The molecule has 0 radical (unpaired) electrons. The molecule has 0 saturated carbocycles. The quantitative estimate of drug-likeness (QED) is 0.419. The summed E-state index contributed by atoms with van der Waals surface area (Å²) in [6.45, 7) is 0.353. The highest BCUT2D eigenvalue weighted by atomic mass is 35.5. The molecule has 0 saturated heterocycles. The van der Waals surface area contributed by atoms with Crippen molar-refractivity contribution < 1.29 is 19.0 Å². The molecular weight excluding hydrogens is 380 g/mol. The van der Waals surface area contributed by atoms with Gasteiger partial charge in [-0.05, 0) is 47.5 Å². The summed E-state index contributed by atoms with van der Waals surface area (Å²) in [6, 6.07) is 14.3. The second kappa shape index (κ2) is 9.19. The molecule has 2 aromatic carbocycles. The van der Waals surface area contributed by atoms with Crippen LogP contribution in [0.2, 0.25) is 5.28 Å². The zero-order valence-corrected chi connectivity index (χ0v) is 16.3. The van der Waals surface area contributed by atoms with Crippen molar-refractivity contribution in [1.29, 1.82) is 0 Å². The Kier molecular flexibility index (Phi) is 6.45. The number of carbonyl (C=O) groups is 1. The first-order chi connectivity index (χ1) is 13.6. The van der Waals surface area contributed by atoms with Crippen LogP contribution >= 0.6 is 11.6 Å². The van der Waals surface area contributed by atoms with Crippen molar-refractivity contribution in [3.8, 4) is 17.2 Å². The van der Waals surface area contributed by atoms with Crippen molar-refractivity contribution in [3.63, 3.8) is 0 Å². The molecule has 0 unspecified atom stereocenters. The zero-order valence-electron chi connectivity index (χ0n) is 15.5. The van der Waals surface area contributed by atoms with E-state index in [1.54, 1.807) is 38.5 Å². The molecule has 0 atom stereocenters. The number of ether oxygens (including phenoxy) is 3. The van der Waals surface area contributed by atoms with Gasteiger partial charge in [0.15, 0.2) is 5.78 Å². The van der Waals surface area contributed by atoms with Crippen molar-refractivity contribution in [3.05, 3.63) is 76.8 Å². The van der Waals surface area contributed by atoms with Gasteiger partial charge in [-0.15, -0.1) is 0 Å². The lowest BCUT2D eigenvalue weighted by Crippen LogP contribution is -2.07. The number of benzene rings is 2. The van der Waals surface area contributed by atoms with Crippen LogP contribution in [-0.2, 0) is 13.0 Å².